The molecule has 1 aliphatic heterocycles. The fourth-order valence-electron chi connectivity index (χ4n) is 2.01. The molecule has 0 amide bonds. The van der Waals surface area contributed by atoms with Crippen LogP contribution in [0.15, 0.2) is 29.6 Å². The summed E-state index contributed by atoms with van der Waals surface area (Å²) in [7, 11) is 0. The van der Waals surface area contributed by atoms with Gasteiger partial charge in [0.1, 0.15) is 10.4 Å². The Balaban J connectivity index is 2.00. The SMILES string of the molecule is Cc1ccccc1-c1nc(C2(C#N)COC2)cs1. The Morgan fingerprint density at radius 2 is 2.17 bits per heavy atom. The maximum Gasteiger partial charge on any atom is 0.146 e. The molecule has 1 saturated heterocycles. The number of ether oxygens (including phenoxy) is 1. The summed E-state index contributed by atoms with van der Waals surface area (Å²) in [6.45, 7) is 2.99. The van der Waals surface area contributed by atoms with Crippen LogP contribution in [0.2, 0.25) is 0 Å². The number of hydrogen-bond donors (Lipinski definition) is 0. The fourth-order valence-corrected chi connectivity index (χ4v) is 3.01. The van der Waals surface area contributed by atoms with E-state index in [0.717, 1.165) is 16.3 Å². The predicted molar refractivity (Wildman–Crippen MR) is 70.4 cm³/mol. The van der Waals surface area contributed by atoms with Crippen molar-refractivity contribution in [2.75, 3.05) is 13.2 Å². The Morgan fingerprint density at radius 1 is 1.39 bits per heavy atom. The number of nitrogens with zero attached hydrogens (tertiary/aromatic N) is 2. The van der Waals surface area contributed by atoms with Crippen LogP contribution in [-0.2, 0) is 10.2 Å². The Kier molecular flexibility index (Phi) is 2.66. The van der Waals surface area contributed by atoms with Crippen molar-refractivity contribution in [1.29, 1.82) is 5.26 Å². The highest BCUT2D eigenvalue weighted by Crippen LogP contribution is 2.35. The van der Waals surface area contributed by atoms with Crippen molar-refractivity contribution in [2.24, 2.45) is 0 Å². The molecule has 2 aromatic rings. The molecule has 2 heterocycles. The van der Waals surface area contributed by atoms with Gasteiger partial charge >= 0.3 is 0 Å². The zero-order chi connectivity index (χ0) is 12.6. The topological polar surface area (TPSA) is 45.9 Å². The molecule has 0 bridgehead atoms. The molecule has 3 nitrogen and oxygen atoms in total. The molecule has 1 fully saturated rings. The third-order valence-electron chi connectivity index (χ3n) is 3.28. The summed E-state index contributed by atoms with van der Waals surface area (Å²) in [4.78, 5) is 4.62. The first-order chi connectivity index (χ1) is 8.75. The highest BCUT2D eigenvalue weighted by Gasteiger charge is 2.43. The quantitative estimate of drug-likeness (QED) is 0.830. The van der Waals surface area contributed by atoms with Crippen molar-refractivity contribution in [1.82, 2.24) is 4.98 Å². The van der Waals surface area contributed by atoms with Crippen molar-refractivity contribution in [3.05, 3.63) is 40.9 Å². The van der Waals surface area contributed by atoms with Crippen molar-refractivity contribution < 1.29 is 4.74 Å². The normalized spacial score (nSPS) is 16.9. The van der Waals surface area contributed by atoms with Crippen LogP contribution < -0.4 is 0 Å². The van der Waals surface area contributed by atoms with Crippen LogP contribution in [0.4, 0.5) is 0 Å². The van der Waals surface area contributed by atoms with E-state index in [-0.39, 0.29) is 0 Å². The second kappa shape index (κ2) is 4.20. The van der Waals surface area contributed by atoms with E-state index in [1.165, 1.54) is 5.56 Å². The molecule has 0 saturated carbocycles. The summed E-state index contributed by atoms with van der Waals surface area (Å²) >= 11 is 1.59. The van der Waals surface area contributed by atoms with E-state index in [1.807, 2.05) is 17.5 Å². The van der Waals surface area contributed by atoms with Gasteiger partial charge < -0.3 is 4.74 Å². The second-order valence-corrected chi connectivity index (χ2v) is 5.40. The lowest BCUT2D eigenvalue weighted by molar-refractivity contribution is -0.0314. The van der Waals surface area contributed by atoms with Crippen LogP contribution in [0.1, 0.15) is 11.3 Å². The van der Waals surface area contributed by atoms with Crippen molar-refractivity contribution in [3.63, 3.8) is 0 Å². The van der Waals surface area contributed by atoms with Gasteiger partial charge in [0.2, 0.25) is 0 Å². The number of hydrogen-bond acceptors (Lipinski definition) is 4. The summed E-state index contributed by atoms with van der Waals surface area (Å²) in [5, 5.41) is 12.2. The third kappa shape index (κ3) is 1.64. The number of aryl methyl sites for hydroxylation is 1. The minimum absolute atomic E-state index is 0.459. The Hall–Kier alpha value is -1.70. The average molecular weight is 256 g/mol. The minimum atomic E-state index is -0.516. The van der Waals surface area contributed by atoms with Crippen LogP contribution in [-0.4, -0.2) is 18.2 Å². The highest BCUT2D eigenvalue weighted by atomic mass is 32.1. The van der Waals surface area contributed by atoms with E-state index in [4.69, 9.17) is 4.74 Å². The first kappa shape index (κ1) is 11.4. The molecule has 0 aliphatic carbocycles. The minimum Gasteiger partial charge on any atom is -0.377 e. The Bertz CT molecular complexity index is 623. The van der Waals surface area contributed by atoms with Crippen molar-refractivity contribution in [3.8, 4) is 16.6 Å². The number of thiazole rings is 1. The van der Waals surface area contributed by atoms with E-state index in [2.05, 4.69) is 30.1 Å². The summed E-state index contributed by atoms with van der Waals surface area (Å²) in [5.41, 5.74) is 2.67. The summed E-state index contributed by atoms with van der Waals surface area (Å²) < 4.78 is 5.16. The van der Waals surface area contributed by atoms with Gasteiger partial charge in [0, 0.05) is 10.9 Å². The summed E-state index contributed by atoms with van der Waals surface area (Å²) in [6.07, 6.45) is 0. The van der Waals surface area contributed by atoms with Gasteiger partial charge in [0.25, 0.3) is 0 Å². The second-order valence-electron chi connectivity index (χ2n) is 4.54. The molecule has 0 unspecified atom stereocenters. The van der Waals surface area contributed by atoms with Gasteiger partial charge in [-0.3, -0.25) is 0 Å². The van der Waals surface area contributed by atoms with Gasteiger partial charge in [-0.15, -0.1) is 11.3 Å². The van der Waals surface area contributed by atoms with E-state index in [0.29, 0.717) is 13.2 Å². The molecular weight excluding hydrogens is 244 g/mol. The molecule has 4 heteroatoms. The summed E-state index contributed by atoms with van der Waals surface area (Å²) in [5.74, 6) is 0. The smallest absolute Gasteiger partial charge is 0.146 e. The molecule has 0 spiro atoms. The molecule has 1 aromatic heterocycles. The largest absolute Gasteiger partial charge is 0.377 e. The van der Waals surface area contributed by atoms with Crippen molar-refractivity contribution >= 4 is 11.3 Å². The zero-order valence-corrected chi connectivity index (χ0v) is 10.8. The van der Waals surface area contributed by atoms with E-state index < -0.39 is 5.41 Å². The standard InChI is InChI=1S/C14H12N2OS/c1-10-4-2-3-5-11(10)13-16-12(6-18-13)14(7-15)8-17-9-14/h2-6H,8-9H2,1H3. The molecule has 0 atom stereocenters. The van der Waals surface area contributed by atoms with E-state index in [9.17, 15) is 5.26 Å². The van der Waals surface area contributed by atoms with E-state index >= 15 is 0 Å². The van der Waals surface area contributed by atoms with Gasteiger partial charge in [-0.1, -0.05) is 24.3 Å². The zero-order valence-electron chi connectivity index (χ0n) is 10.0. The molecule has 0 radical (unpaired) electrons. The Labute approximate surface area is 110 Å². The Morgan fingerprint density at radius 3 is 2.78 bits per heavy atom. The predicted octanol–water partition coefficient (Wildman–Crippen LogP) is 2.91. The lowest BCUT2D eigenvalue weighted by atomic mass is 9.85. The van der Waals surface area contributed by atoms with E-state index in [1.54, 1.807) is 11.3 Å². The van der Waals surface area contributed by atoms with Gasteiger partial charge in [0.05, 0.1) is 25.0 Å². The number of nitriles is 1. The molecule has 1 aliphatic rings. The van der Waals surface area contributed by atoms with Gasteiger partial charge in [-0.05, 0) is 12.5 Å². The van der Waals surface area contributed by atoms with Crippen LogP contribution in [0.3, 0.4) is 0 Å². The first-order valence-electron chi connectivity index (χ1n) is 5.76. The average Bonchev–Trinajstić information content (AvgIpc) is 2.79. The molecule has 0 N–H and O–H groups in total. The highest BCUT2D eigenvalue weighted by molar-refractivity contribution is 7.13. The number of aromatic nitrogens is 1. The molecule has 18 heavy (non-hydrogen) atoms. The fraction of sp³-hybridized carbons (Fsp3) is 0.286. The van der Waals surface area contributed by atoms with Gasteiger partial charge in [-0.25, -0.2) is 4.98 Å². The molecular formula is C14H12N2OS. The third-order valence-corrected chi connectivity index (χ3v) is 4.16. The first-order valence-corrected chi connectivity index (χ1v) is 6.64. The summed E-state index contributed by atoms with van der Waals surface area (Å²) in [6, 6.07) is 10.5. The number of rotatable bonds is 2. The lowest BCUT2D eigenvalue weighted by Crippen LogP contribution is -2.45. The monoisotopic (exact) mass is 256 g/mol. The number of benzene rings is 1. The lowest BCUT2D eigenvalue weighted by Gasteiger charge is -2.33. The van der Waals surface area contributed by atoms with Crippen molar-refractivity contribution in [2.45, 2.75) is 12.3 Å². The van der Waals surface area contributed by atoms with Crippen LogP contribution in [0, 0.1) is 18.3 Å². The maximum absolute atomic E-state index is 9.26. The van der Waals surface area contributed by atoms with Gasteiger partial charge in [0.15, 0.2) is 0 Å². The van der Waals surface area contributed by atoms with Gasteiger partial charge in [-0.2, -0.15) is 5.26 Å². The maximum atomic E-state index is 9.26. The van der Waals surface area contributed by atoms with Crippen LogP contribution in [0.5, 0.6) is 0 Å². The molecule has 90 valence electrons. The molecule has 1 aromatic carbocycles. The van der Waals surface area contributed by atoms with Crippen LogP contribution >= 0.6 is 11.3 Å². The van der Waals surface area contributed by atoms with Crippen LogP contribution in [0.25, 0.3) is 10.6 Å². The molecule has 3 rings (SSSR count).